The van der Waals surface area contributed by atoms with Crippen LogP contribution in [0.2, 0.25) is 0 Å². The van der Waals surface area contributed by atoms with Crippen LogP contribution in [0.25, 0.3) is 0 Å². The van der Waals surface area contributed by atoms with Crippen LogP contribution in [0.15, 0.2) is 17.1 Å². The maximum Gasteiger partial charge on any atom is 0.203 e. The lowest BCUT2D eigenvalue weighted by molar-refractivity contribution is 0.0132. The van der Waals surface area contributed by atoms with Crippen LogP contribution in [0.3, 0.4) is 0 Å². The molecule has 1 saturated heterocycles. The number of hydrogen-bond donors (Lipinski definition) is 2. The standard InChI is InChI=1S/C23H40N4O4/c1-17(2)15-19(27-11-13-31-14-12-27)16-26-23(24-3)25-10-9-18-7-8-20(28-4)22(30-6)21(18)29-5/h7-8,17,19H,9-16H2,1-6H3,(H2,24,25,26). The Balaban J connectivity index is 1.92. The highest BCUT2D eigenvalue weighted by Crippen LogP contribution is 2.39. The van der Waals surface area contributed by atoms with Crippen molar-refractivity contribution in [2.24, 2.45) is 10.9 Å². The monoisotopic (exact) mass is 436 g/mol. The van der Waals surface area contributed by atoms with Gasteiger partial charge < -0.3 is 29.6 Å². The molecule has 1 atom stereocenters. The summed E-state index contributed by atoms with van der Waals surface area (Å²) in [4.78, 5) is 6.92. The number of guanidine groups is 1. The fourth-order valence-corrected chi connectivity index (χ4v) is 3.96. The van der Waals surface area contributed by atoms with E-state index in [1.54, 1.807) is 28.4 Å². The van der Waals surface area contributed by atoms with E-state index in [4.69, 9.17) is 18.9 Å². The van der Waals surface area contributed by atoms with Gasteiger partial charge in [-0.3, -0.25) is 9.89 Å². The second kappa shape index (κ2) is 13.3. The molecule has 176 valence electrons. The molecule has 0 spiro atoms. The van der Waals surface area contributed by atoms with Crippen molar-refractivity contribution in [3.05, 3.63) is 17.7 Å². The lowest BCUT2D eigenvalue weighted by atomic mass is 10.0. The van der Waals surface area contributed by atoms with E-state index in [1.165, 1.54) is 0 Å². The van der Waals surface area contributed by atoms with Crippen molar-refractivity contribution in [2.75, 3.05) is 67.8 Å². The first-order valence-corrected chi connectivity index (χ1v) is 11.1. The van der Waals surface area contributed by atoms with Gasteiger partial charge in [-0.1, -0.05) is 19.9 Å². The summed E-state index contributed by atoms with van der Waals surface area (Å²) in [6.45, 7) is 9.74. The zero-order chi connectivity index (χ0) is 22.6. The quantitative estimate of drug-likeness (QED) is 0.407. The Hall–Kier alpha value is -2.19. The summed E-state index contributed by atoms with van der Waals surface area (Å²) in [5, 5.41) is 6.92. The number of nitrogens with one attached hydrogen (secondary N) is 2. The zero-order valence-corrected chi connectivity index (χ0v) is 20.0. The number of aliphatic imine (C=N–C) groups is 1. The van der Waals surface area contributed by atoms with Gasteiger partial charge in [0.05, 0.1) is 34.5 Å². The molecule has 1 aliphatic heterocycles. The topological polar surface area (TPSA) is 76.6 Å². The highest BCUT2D eigenvalue weighted by atomic mass is 16.5. The van der Waals surface area contributed by atoms with Crippen LogP contribution in [0.4, 0.5) is 0 Å². The largest absolute Gasteiger partial charge is 0.493 e. The summed E-state index contributed by atoms with van der Waals surface area (Å²) in [5.74, 6) is 3.43. The van der Waals surface area contributed by atoms with Crippen molar-refractivity contribution in [3.63, 3.8) is 0 Å². The molecule has 0 aromatic heterocycles. The number of morpholine rings is 1. The molecule has 31 heavy (non-hydrogen) atoms. The van der Waals surface area contributed by atoms with Crippen molar-refractivity contribution >= 4 is 5.96 Å². The van der Waals surface area contributed by atoms with Gasteiger partial charge in [0, 0.05) is 44.8 Å². The number of methoxy groups -OCH3 is 3. The molecule has 0 bridgehead atoms. The molecular formula is C23H40N4O4. The Morgan fingerprint density at radius 3 is 2.35 bits per heavy atom. The molecule has 0 aliphatic carbocycles. The van der Waals surface area contributed by atoms with Crippen LogP contribution in [0.5, 0.6) is 17.2 Å². The van der Waals surface area contributed by atoms with Gasteiger partial charge in [-0.2, -0.15) is 0 Å². The molecule has 0 radical (unpaired) electrons. The fourth-order valence-electron chi connectivity index (χ4n) is 3.96. The number of hydrogen-bond acceptors (Lipinski definition) is 6. The van der Waals surface area contributed by atoms with Crippen LogP contribution < -0.4 is 24.8 Å². The van der Waals surface area contributed by atoms with Crippen LogP contribution in [0.1, 0.15) is 25.8 Å². The molecular weight excluding hydrogens is 396 g/mol. The maximum absolute atomic E-state index is 5.58. The molecule has 1 aromatic carbocycles. The SMILES string of the molecule is CN=C(NCCc1ccc(OC)c(OC)c1OC)NCC(CC(C)C)N1CCOCC1. The summed E-state index contributed by atoms with van der Waals surface area (Å²) in [6.07, 6.45) is 1.91. The van der Waals surface area contributed by atoms with Gasteiger partial charge >= 0.3 is 0 Å². The number of benzene rings is 1. The van der Waals surface area contributed by atoms with Crippen molar-refractivity contribution in [1.82, 2.24) is 15.5 Å². The molecule has 1 aliphatic rings. The average molecular weight is 437 g/mol. The van der Waals surface area contributed by atoms with Gasteiger partial charge in [0.25, 0.3) is 0 Å². The number of rotatable bonds is 11. The van der Waals surface area contributed by atoms with E-state index in [0.717, 1.165) is 63.8 Å². The van der Waals surface area contributed by atoms with Gasteiger partial charge in [0.2, 0.25) is 5.75 Å². The van der Waals surface area contributed by atoms with Crippen LogP contribution in [-0.2, 0) is 11.2 Å². The minimum atomic E-state index is 0.466. The van der Waals surface area contributed by atoms with Gasteiger partial charge in [0.15, 0.2) is 17.5 Å². The highest BCUT2D eigenvalue weighted by molar-refractivity contribution is 5.79. The molecule has 8 heteroatoms. The Bertz CT molecular complexity index is 690. The molecule has 2 rings (SSSR count). The third kappa shape index (κ3) is 7.47. The van der Waals surface area contributed by atoms with E-state index in [9.17, 15) is 0 Å². The Morgan fingerprint density at radius 1 is 1.06 bits per heavy atom. The molecule has 8 nitrogen and oxygen atoms in total. The molecule has 0 amide bonds. The smallest absolute Gasteiger partial charge is 0.203 e. The third-order valence-corrected chi connectivity index (χ3v) is 5.51. The van der Waals surface area contributed by atoms with E-state index < -0.39 is 0 Å². The summed E-state index contributed by atoms with van der Waals surface area (Å²) >= 11 is 0. The number of ether oxygens (including phenoxy) is 4. The van der Waals surface area contributed by atoms with E-state index in [0.29, 0.717) is 29.2 Å². The predicted molar refractivity (Wildman–Crippen MR) is 125 cm³/mol. The van der Waals surface area contributed by atoms with Crippen LogP contribution >= 0.6 is 0 Å². The minimum Gasteiger partial charge on any atom is -0.493 e. The van der Waals surface area contributed by atoms with Crippen molar-refractivity contribution in [2.45, 2.75) is 32.7 Å². The molecule has 1 fully saturated rings. The third-order valence-electron chi connectivity index (χ3n) is 5.51. The van der Waals surface area contributed by atoms with Crippen molar-refractivity contribution in [1.29, 1.82) is 0 Å². The number of nitrogens with zero attached hydrogens (tertiary/aromatic N) is 2. The Morgan fingerprint density at radius 2 is 1.77 bits per heavy atom. The zero-order valence-electron chi connectivity index (χ0n) is 20.0. The minimum absolute atomic E-state index is 0.466. The normalized spacial score (nSPS) is 16.2. The van der Waals surface area contributed by atoms with Crippen molar-refractivity contribution < 1.29 is 18.9 Å². The highest BCUT2D eigenvalue weighted by Gasteiger charge is 2.22. The lowest BCUT2D eigenvalue weighted by Gasteiger charge is -2.35. The molecule has 1 heterocycles. The second-order valence-corrected chi connectivity index (χ2v) is 8.06. The summed E-state index contributed by atoms with van der Waals surface area (Å²) in [5.41, 5.74) is 1.05. The molecule has 1 aromatic rings. The molecule has 1 unspecified atom stereocenters. The molecule has 2 N–H and O–H groups in total. The first-order chi connectivity index (χ1) is 15.0. The van der Waals surface area contributed by atoms with Crippen LogP contribution in [-0.4, -0.2) is 84.7 Å². The van der Waals surface area contributed by atoms with Gasteiger partial charge in [-0.15, -0.1) is 0 Å². The Kier molecular flexibility index (Phi) is 10.7. The van der Waals surface area contributed by atoms with E-state index in [2.05, 4.69) is 34.4 Å². The lowest BCUT2D eigenvalue weighted by Crippen LogP contribution is -2.51. The fraction of sp³-hybridized carbons (Fsp3) is 0.696. The first kappa shape index (κ1) is 25.1. The van der Waals surface area contributed by atoms with E-state index in [1.807, 2.05) is 12.1 Å². The predicted octanol–water partition coefficient (Wildman–Crippen LogP) is 2.17. The van der Waals surface area contributed by atoms with Gasteiger partial charge in [0.1, 0.15) is 0 Å². The van der Waals surface area contributed by atoms with Crippen LogP contribution in [0, 0.1) is 5.92 Å². The first-order valence-electron chi connectivity index (χ1n) is 11.1. The van der Waals surface area contributed by atoms with Gasteiger partial charge in [-0.05, 0) is 24.8 Å². The summed E-state index contributed by atoms with van der Waals surface area (Å²) < 4.78 is 21.9. The van der Waals surface area contributed by atoms with E-state index in [-0.39, 0.29) is 0 Å². The van der Waals surface area contributed by atoms with Gasteiger partial charge in [-0.25, -0.2) is 0 Å². The maximum atomic E-state index is 5.58. The average Bonchev–Trinajstić information content (AvgIpc) is 2.79. The van der Waals surface area contributed by atoms with Crippen molar-refractivity contribution in [3.8, 4) is 17.2 Å². The Labute approximate surface area is 187 Å². The molecule has 0 saturated carbocycles. The van der Waals surface area contributed by atoms with E-state index >= 15 is 0 Å². The second-order valence-electron chi connectivity index (χ2n) is 8.06. The summed E-state index contributed by atoms with van der Waals surface area (Å²) in [7, 11) is 6.70. The summed E-state index contributed by atoms with van der Waals surface area (Å²) in [6, 6.07) is 4.38.